The van der Waals surface area contributed by atoms with E-state index >= 15 is 0 Å². The van der Waals surface area contributed by atoms with Gasteiger partial charge in [-0.25, -0.2) is 19.3 Å². The molecule has 0 amide bonds. The number of anilines is 1. The zero-order valence-corrected chi connectivity index (χ0v) is 16.8. The van der Waals surface area contributed by atoms with Crippen molar-refractivity contribution in [2.24, 2.45) is 5.92 Å². The van der Waals surface area contributed by atoms with Crippen LogP contribution in [0.3, 0.4) is 0 Å². The van der Waals surface area contributed by atoms with Gasteiger partial charge in [-0.1, -0.05) is 6.07 Å². The molecule has 31 heavy (non-hydrogen) atoms. The number of aromatic amines is 1. The molecule has 3 N–H and O–H groups in total. The predicted molar refractivity (Wildman–Crippen MR) is 115 cm³/mol. The Bertz CT molecular complexity index is 1280. The zero-order chi connectivity index (χ0) is 21.5. The molecular formula is C23H20FN5O2. The van der Waals surface area contributed by atoms with Crippen LogP contribution < -0.4 is 10.5 Å². The van der Waals surface area contributed by atoms with E-state index in [2.05, 4.69) is 19.9 Å². The first-order valence-corrected chi connectivity index (χ1v) is 10.0. The summed E-state index contributed by atoms with van der Waals surface area (Å²) in [6.45, 7) is 1.60. The van der Waals surface area contributed by atoms with E-state index in [1.165, 1.54) is 6.07 Å². The summed E-state index contributed by atoms with van der Waals surface area (Å²) in [5.74, 6) is 0.298. The number of nitrogen functional groups attached to an aromatic ring is 1. The highest BCUT2D eigenvalue weighted by molar-refractivity contribution is 5.82. The minimum absolute atomic E-state index is 0.0318. The van der Waals surface area contributed by atoms with Gasteiger partial charge in [0.05, 0.1) is 16.6 Å². The summed E-state index contributed by atoms with van der Waals surface area (Å²) in [5, 5.41) is 0. The molecule has 2 heterocycles. The number of rotatable bonds is 5. The SMILES string of the molecule is CC(=O)C1CC(Oc2ncc(-c3ccc(-c4nc5ccc(N)cc5[nH]4)c(F)c3)cn2)C1. The number of imidazole rings is 1. The Morgan fingerprint density at radius 2 is 1.90 bits per heavy atom. The van der Waals surface area contributed by atoms with Gasteiger partial charge >= 0.3 is 6.01 Å². The molecule has 1 aliphatic rings. The van der Waals surface area contributed by atoms with E-state index < -0.39 is 5.82 Å². The fourth-order valence-corrected chi connectivity index (χ4v) is 3.71. The number of benzene rings is 2. The smallest absolute Gasteiger partial charge is 0.316 e. The van der Waals surface area contributed by atoms with Gasteiger partial charge in [0.2, 0.25) is 0 Å². The van der Waals surface area contributed by atoms with E-state index in [1.54, 1.807) is 49.6 Å². The third-order valence-corrected chi connectivity index (χ3v) is 5.63. The van der Waals surface area contributed by atoms with Gasteiger partial charge in [0, 0.05) is 29.6 Å². The van der Waals surface area contributed by atoms with Gasteiger partial charge in [0.1, 0.15) is 23.5 Å². The number of nitrogens with two attached hydrogens (primary N) is 1. The lowest BCUT2D eigenvalue weighted by Gasteiger charge is -2.32. The number of H-pyrrole nitrogens is 1. The van der Waals surface area contributed by atoms with Crippen molar-refractivity contribution in [3.63, 3.8) is 0 Å². The van der Waals surface area contributed by atoms with Crippen LogP contribution in [0, 0.1) is 11.7 Å². The molecule has 8 heteroatoms. The molecule has 0 atom stereocenters. The molecule has 5 rings (SSSR count). The minimum atomic E-state index is -0.408. The van der Waals surface area contributed by atoms with Gasteiger partial charge in [0.25, 0.3) is 0 Å². The van der Waals surface area contributed by atoms with Crippen LogP contribution in [0.1, 0.15) is 19.8 Å². The molecule has 0 saturated heterocycles. The highest BCUT2D eigenvalue weighted by atomic mass is 19.1. The number of ether oxygens (including phenoxy) is 1. The van der Waals surface area contributed by atoms with E-state index in [0.717, 1.165) is 11.0 Å². The molecule has 2 aromatic heterocycles. The lowest BCUT2D eigenvalue weighted by atomic mass is 9.80. The summed E-state index contributed by atoms with van der Waals surface area (Å²) < 4.78 is 20.5. The highest BCUT2D eigenvalue weighted by Gasteiger charge is 2.34. The molecule has 2 aromatic carbocycles. The van der Waals surface area contributed by atoms with E-state index in [1.807, 2.05) is 0 Å². The topological polar surface area (TPSA) is 107 Å². The lowest BCUT2D eigenvalue weighted by molar-refractivity contribution is -0.126. The molecule has 156 valence electrons. The van der Waals surface area contributed by atoms with Crippen molar-refractivity contribution in [2.45, 2.75) is 25.9 Å². The number of hydrogen-bond donors (Lipinski definition) is 2. The van der Waals surface area contributed by atoms with Crippen molar-refractivity contribution in [2.75, 3.05) is 5.73 Å². The molecule has 1 aliphatic carbocycles. The Labute approximate surface area is 177 Å². The first kappa shape index (κ1) is 19.2. The molecular weight excluding hydrogens is 397 g/mol. The fraction of sp³-hybridized carbons (Fsp3) is 0.217. The Morgan fingerprint density at radius 1 is 1.13 bits per heavy atom. The highest BCUT2D eigenvalue weighted by Crippen LogP contribution is 2.32. The third kappa shape index (κ3) is 3.72. The van der Waals surface area contributed by atoms with Gasteiger partial charge in [-0.15, -0.1) is 0 Å². The van der Waals surface area contributed by atoms with Crippen LogP contribution in [0.25, 0.3) is 33.5 Å². The van der Waals surface area contributed by atoms with Crippen molar-refractivity contribution in [3.05, 3.63) is 54.6 Å². The molecule has 0 radical (unpaired) electrons. The van der Waals surface area contributed by atoms with Gasteiger partial charge < -0.3 is 15.5 Å². The molecule has 1 fully saturated rings. The van der Waals surface area contributed by atoms with E-state index in [4.69, 9.17) is 10.5 Å². The standard InChI is InChI=1S/C23H20FN5O2/c1-12(30)14-6-17(7-14)31-23-26-10-15(11-27-23)13-2-4-18(19(24)8-13)22-28-20-5-3-16(25)9-21(20)29-22/h2-5,8-11,14,17H,6-7,25H2,1H3,(H,28,29). The molecule has 0 bridgehead atoms. The summed E-state index contributed by atoms with van der Waals surface area (Å²) in [6, 6.07) is 10.5. The Balaban J connectivity index is 1.33. The van der Waals surface area contributed by atoms with E-state index in [-0.39, 0.29) is 23.8 Å². The number of ketones is 1. The average molecular weight is 417 g/mol. The van der Waals surface area contributed by atoms with Crippen LogP contribution in [-0.2, 0) is 4.79 Å². The summed E-state index contributed by atoms with van der Waals surface area (Å²) in [6.07, 6.45) is 4.56. The van der Waals surface area contributed by atoms with E-state index in [0.29, 0.717) is 41.0 Å². The number of fused-ring (bicyclic) bond motifs is 1. The van der Waals surface area contributed by atoms with Crippen LogP contribution in [0.4, 0.5) is 10.1 Å². The average Bonchev–Trinajstić information content (AvgIpc) is 3.13. The number of hydrogen-bond acceptors (Lipinski definition) is 6. The van der Waals surface area contributed by atoms with Crippen LogP contribution in [0.15, 0.2) is 48.8 Å². The summed E-state index contributed by atoms with van der Waals surface area (Å²) in [5.41, 5.74) is 9.57. The molecule has 4 aromatic rings. The second-order valence-corrected chi connectivity index (χ2v) is 7.83. The van der Waals surface area contributed by atoms with Gasteiger partial charge in [0.15, 0.2) is 0 Å². The Morgan fingerprint density at radius 3 is 2.61 bits per heavy atom. The summed E-state index contributed by atoms with van der Waals surface area (Å²) in [4.78, 5) is 27.3. The van der Waals surface area contributed by atoms with Gasteiger partial charge in [-0.05, 0) is 55.7 Å². The number of carbonyl (C=O) groups is 1. The molecule has 7 nitrogen and oxygen atoms in total. The number of nitrogens with zero attached hydrogens (tertiary/aromatic N) is 3. The van der Waals surface area contributed by atoms with Crippen LogP contribution >= 0.6 is 0 Å². The maximum Gasteiger partial charge on any atom is 0.316 e. The predicted octanol–water partition coefficient (Wildman–Crippen LogP) is 4.15. The molecule has 0 spiro atoms. The molecule has 1 saturated carbocycles. The number of nitrogens with one attached hydrogen (secondary N) is 1. The van der Waals surface area contributed by atoms with Gasteiger partial charge in [-0.2, -0.15) is 0 Å². The van der Waals surface area contributed by atoms with Gasteiger partial charge in [-0.3, -0.25) is 4.79 Å². The Kier molecular flexibility index (Phi) is 4.62. The summed E-state index contributed by atoms with van der Waals surface area (Å²) >= 11 is 0. The molecule has 0 unspecified atom stereocenters. The first-order valence-electron chi connectivity index (χ1n) is 10.0. The second-order valence-electron chi connectivity index (χ2n) is 7.83. The largest absolute Gasteiger partial charge is 0.460 e. The minimum Gasteiger partial charge on any atom is -0.460 e. The Hall–Kier alpha value is -3.81. The third-order valence-electron chi connectivity index (χ3n) is 5.63. The maximum atomic E-state index is 14.9. The van der Waals surface area contributed by atoms with Crippen molar-refractivity contribution in [1.29, 1.82) is 0 Å². The number of aromatic nitrogens is 4. The number of carbonyl (C=O) groups excluding carboxylic acids is 1. The summed E-state index contributed by atoms with van der Waals surface area (Å²) in [7, 11) is 0. The van der Waals surface area contributed by atoms with Crippen LogP contribution in [0.5, 0.6) is 6.01 Å². The van der Waals surface area contributed by atoms with Crippen LogP contribution in [0.2, 0.25) is 0 Å². The van der Waals surface area contributed by atoms with Crippen LogP contribution in [-0.4, -0.2) is 31.8 Å². The number of Topliss-reactive ketones (excluding diaryl/α,β-unsaturated/α-hetero) is 1. The van der Waals surface area contributed by atoms with Crippen molar-refractivity contribution in [1.82, 2.24) is 19.9 Å². The van der Waals surface area contributed by atoms with E-state index in [9.17, 15) is 9.18 Å². The normalized spacial score (nSPS) is 18.0. The number of halogens is 1. The van der Waals surface area contributed by atoms with Crippen molar-refractivity contribution < 1.29 is 13.9 Å². The van der Waals surface area contributed by atoms with Crippen molar-refractivity contribution >= 4 is 22.5 Å². The quantitative estimate of drug-likeness (QED) is 0.472. The first-order chi connectivity index (χ1) is 15.0. The lowest BCUT2D eigenvalue weighted by Crippen LogP contribution is -2.37. The fourth-order valence-electron chi connectivity index (χ4n) is 3.71. The molecule has 0 aliphatic heterocycles. The van der Waals surface area contributed by atoms with Crippen molar-refractivity contribution in [3.8, 4) is 28.5 Å². The monoisotopic (exact) mass is 417 g/mol. The second kappa shape index (κ2) is 7.46. The zero-order valence-electron chi connectivity index (χ0n) is 16.8. The maximum absolute atomic E-state index is 14.9.